The van der Waals surface area contributed by atoms with Crippen LogP contribution < -0.4 is 9.64 Å². The predicted octanol–water partition coefficient (Wildman–Crippen LogP) is 2.21. The average molecular weight is 443 g/mol. The lowest BCUT2D eigenvalue weighted by atomic mass is 10.3. The molecule has 2 aliphatic rings. The van der Waals surface area contributed by atoms with E-state index < -0.39 is 0 Å². The van der Waals surface area contributed by atoms with Gasteiger partial charge in [-0.3, -0.25) is 14.6 Å². The quantitative estimate of drug-likeness (QED) is 0.555. The molecule has 0 radical (unpaired) electrons. The van der Waals surface area contributed by atoms with Crippen LogP contribution in [-0.4, -0.2) is 76.6 Å². The summed E-state index contributed by atoms with van der Waals surface area (Å²) in [6.07, 6.45) is 1.87. The molecule has 5 rings (SSSR count). The zero-order chi connectivity index (χ0) is 21.2. The first kappa shape index (κ1) is 20.3. The first-order valence-corrected chi connectivity index (χ1v) is 11.6. The standard InChI is InChI=1S/C21H26N6O3S/c1-2-30-15-5-3-6-16-18(15)22-21(31-16)27(10-9-25-11-13-29-14-12-25)20(28)19-24-23-17-7-4-8-26(17)19/h3,5-6H,2,4,7-14H2,1H3. The Balaban J connectivity index is 1.47. The zero-order valence-electron chi connectivity index (χ0n) is 17.6. The highest BCUT2D eigenvalue weighted by atomic mass is 32.1. The van der Waals surface area contributed by atoms with Crippen LogP contribution in [-0.2, 0) is 17.7 Å². The lowest BCUT2D eigenvalue weighted by molar-refractivity contribution is 0.0390. The highest BCUT2D eigenvalue weighted by molar-refractivity contribution is 7.22. The van der Waals surface area contributed by atoms with E-state index in [1.807, 2.05) is 29.7 Å². The van der Waals surface area contributed by atoms with Crippen LogP contribution in [0.2, 0.25) is 0 Å². The summed E-state index contributed by atoms with van der Waals surface area (Å²) in [7, 11) is 0. The third-order valence-corrected chi connectivity index (χ3v) is 6.73. The van der Waals surface area contributed by atoms with Crippen molar-refractivity contribution in [2.45, 2.75) is 26.3 Å². The summed E-state index contributed by atoms with van der Waals surface area (Å²) in [5.41, 5.74) is 0.792. The number of aromatic nitrogens is 4. The highest BCUT2D eigenvalue weighted by Gasteiger charge is 2.29. The second-order valence-corrected chi connectivity index (χ2v) is 8.65. The summed E-state index contributed by atoms with van der Waals surface area (Å²) < 4.78 is 14.2. The summed E-state index contributed by atoms with van der Waals surface area (Å²) in [4.78, 5) is 22.5. The Hall–Kier alpha value is -2.56. The zero-order valence-corrected chi connectivity index (χ0v) is 18.4. The molecule has 0 unspecified atom stereocenters. The normalized spacial score (nSPS) is 16.5. The van der Waals surface area contributed by atoms with Crippen LogP contribution in [0.4, 0.5) is 5.13 Å². The molecule has 0 saturated carbocycles. The topological polar surface area (TPSA) is 85.6 Å². The number of anilines is 1. The van der Waals surface area contributed by atoms with E-state index in [4.69, 9.17) is 14.5 Å². The van der Waals surface area contributed by atoms with Crippen molar-refractivity contribution < 1.29 is 14.3 Å². The number of morpholine rings is 1. The molecule has 9 nitrogen and oxygen atoms in total. The van der Waals surface area contributed by atoms with E-state index in [2.05, 4.69) is 15.1 Å². The third-order valence-electron chi connectivity index (χ3n) is 5.69. The minimum Gasteiger partial charge on any atom is -0.492 e. The van der Waals surface area contributed by atoms with Gasteiger partial charge in [-0.15, -0.1) is 10.2 Å². The van der Waals surface area contributed by atoms with E-state index in [-0.39, 0.29) is 5.91 Å². The first-order chi connectivity index (χ1) is 15.2. The summed E-state index contributed by atoms with van der Waals surface area (Å²) in [6.45, 7) is 7.79. The molecule has 1 fully saturated rings. The molecule has 1 saturated heterocycles. The molecular formula is C21H26N6O3S. The third kappa shape index (κ3) is 4.02. The minimum atomic E-state index is -0.147. The van der Waals surface area contributed by atoms with Crippen LogP contribution in [0.3, 0.4) is 0 Å². The van der Waals surface area contributed by atoms with Crippen molar-refractivity contribution in [2.75, 3.05) is 50.9 Å². The summed E-state index contributed by atoms with van der Waals surface area (Å²) in [5.74, 6) is 1.88. The lowest BCUT2D eigenvalue weighted by Crippen LogP contribution is -2.43. The number of thiazole rings is 1. The molecule has 2 aliphatic heterocycles. The van der Waals surface area contributed by atoms with Crippen molar-refractivity contribution in [2.24, 2.45) is 0 Å². The van der Waals surface area contributed by atoms with Gasteiger partial charge in [-0.2, -0.15) is 0 Å². The van der Waals surface area contributed by atoms with Crippen molar-refractivity contribution >= 4 is 32.6 Å². The maximum absolute atomic E-state index is 13.6. The van der Waals surface area contributed by atoms with Gasteiger partial charge < -0.3 is 14.0 Å². The van der Waals surface area contributed by atoms with Crippen LogP contribution in [0.1, 0.15) is 29.8 Å². The average Bonchev–Trinajstić information content (AvgIpc) is 3.51. The fourth-order valence-corrected chi connectivity index (χ4v) is 5.09. The molecule has 164 valence electrons. The van der Waals surface area contributed by atoms with Crippen LogP contribution in [0.5, 0.6) is 5.75 Å². The fraction of sp³-hybridized carbons (Fsp3) is 0.524. The largest absolute Gasteiger partial charge is 0.492 e. The number of rotatable bonds is 7. The number of nitrogens with zero attached hydrogens (tertiary/aromatic N) is 6. The molecular weight excluding hydrogens is 416 g/mol. The number of para-hydroxylation sites is 1. The molecule has 2 aromatic heterocycles. The van der Waals surface area contributed by atoms with E-state index in [0.29, 0.717) is 24.1 Å². The maximum atomic E-state index is 13.6. The van der Waals surface area contributed by atoms with Gasteiger partial charge in [0.25, 0.3) is 5.91 Å². The first-order valence-electron chi connectivity index (χ1n) is 10.8. The Kier molecular flexibility index (Phi) is 5.84. The molecule has 3 aromatic rings. The van der Waals surface area contributed by atoms with Gasteiger partial charge in [-0.25, -0.2) is 4.98 Å². The number of ether oxygens (including phenoxy) is 2. The molecule has 1 aromatic carbocycles. The molecule has 31 heavy (non-hydrogen) atoms. The van der Waals surface area contributed by atoms with Crippen LogP contribution in [0.25, 0.3) is 10.2 Å². The van der Waals surface area contributed by atoms with Crippen molar-refractivity contribution in [3.05, 3.63) is 29.8 Å². The van der Waals surface area contributed by atoms with Crippen molar-refractivity contribution in [3.63, 3.8) is 0 Å². The SMILES string of the molecule is CCOc1cccc2sc(N(CCN3CCOCC3)C(=O)c3nnc4n3CCC4)nc12. The number of hydrogen-bond acceptors (Lipinski definition) is 8. The smallest absolute Gasteiger partial charge is 0.298 e. The van der Waals surface area contributed by atoms with Crippen molar-refractivity contribution in [1.82, 2.24) is 24.6 Å². The van der Waals surface area contributed by atoms with Crippen LogP contribution in [0.15, 0.2) is 18.2 Å². The van der Waals surface area contributed by atoms with Gasteiger partial charge in [0.1, 0.15) is 17.1 Å². The fourth-order valence-electron chi connectivity index (χ4n) is 4.08. The number of amides is 1. The number of carbonyl (C=O) groups excluding carboxylic acids is 1. The van der Waals surface area contributed by atoms with Gasteiger partial charge in [0.2, 0.25) is 5.82 Å². The molecule has 10 heteroatoms. The molecule has 0 N–H and O–H groups in total. The Labute approximate surface area is 184 Å². The van der Waals surface area contributed by atoms with Crippen LogP contribution >= 0.6 is 11.3 Å². The summed E-state index contributed by atoms with van der Waals surface area (Å²) in [5, 5.41) is 9.11. The van der Waals surface area contributed by atoms with E-state index in [1.54, 1.807) is 4.90 Å². The number of aryl methyl sites for hydroxylation is 1. The van der Waals surface area contributed by atoms with Gasteiger partial charge >= 0.3 is 0 Å². The Morgan fingerprint density at radius 1 is 1.26 bits per heavy atom. The van der Waals surface area contributed by atoms with Gasteiger partial charge in [-0.1, -0.05) is 17.4 Å². The molecule has 1 amide bonds. The molecule has 0 atom stereocenters. The van der Waals surface area contributed by atoms with Gasteiger partial charge in [0.05, 0.1) is 24.5 Å². The van der Waals surface area contributed by atoms with E-state index in [1.165, 1.54) is 11.3 Å². The second-order valence-electron chi connectivity index (χ2n) is 7.64. The molecule has 0 bridgehead atoms. The Bertz CT molecular complexity index is 1070. The molecule has 0 aliphatic carbocycles. The van der Waals surface area contributed by atoms with E-state index in [9.17, 15) is 4.79 Å². The Morgan fingerprint density at radius 2 is 2.13 bits per heavy atom. The van der Waals surface area contributed by atoms with Crippen LogP contribution in [0, 0.1) is 0 Å². The molecule has 4 heterocycles. The number of carbonyl (C=O) groups is 1. The minimum absolute atomic E-state index is 0.147. The second kappa shape index (κ2) is 8.89. The number of benzene rings is 1. The molecule has 0 spiro atoms. The van der Waals surface area contributed by atoms with Gasteiger partial charge in [-0.05, 0) is 25.5 Å². The van der Waals surface area contributed by atoms with Gasteiger partial charge in [0.15, 0.2) is 5.13 Å². The predicted molar refractivity (Wildman–Crippen MR) is 118 cm³/mol. The summed E-state index contributed by atoms with van der Waals surface area (Å²) >= 11 is 1.50. The monoisotopic (exact) mass is 442 g/mol. The van der Waals surface area contributed by atoms with E-state index in [0.717, 1.165) is 74.0 Å². The Morgan fingerprint density at radius 3 is 2.97 bits per heavy atom. The number of fused-ring (bicyclic) bond motifs is 2. The van der Waals surface area contributed by atoms with E-state index >= 15 is 0 Å². The lowest BCUT2D eigenvalue weighted by Gasteiger charge is -2.29. The number of hydrogen-bond donors (Lipinski definition) is 0. The van der Waals surface area contributed by atoms with Crippen molar-refractivity contribution in [3.8, 4) is 5.75 Å². The summed E-state index contributed by atoms with van der Waals surface area (Å²) in [6, 6.07) is 5.89. The van der Waals surface area contributed by atoms with Crippen molar-refractivity contribution in [1.29, 1.82) is 0 Å². The van der Waals surface area contributed by atoms with Gasteiger partial charge in [0, 0.05) is 39.1 Å². The highest BCUT2D eigenvalue weighted by Crippen LogP contribution is 2.35. The maximum Gasteiger partial charge on any atom is 0.298 e.